The zero-order chi connectivity index (χ0) is 18.1. The Balaban J connectivity index is 1.69. The molecule has 128 valence electrons. The van der Waals surface area contributed by atoms with Gasteiger partial charge in [-0.15, -0.1) is 0 Å². The third kappa shape index (κ3) is 5.95. The fourth-order valence-corrected chi connectivity index (χ4v) is 2.20. The van der Waals surface area contributed by atoms with Gasteiger partial charge in [0, 0.05) is 36.5 Å². The van der Waals surface area contributed by atoms with Gasteiger partial charge >= 0.3 is 0 Å². The minimum absolute atomic E-state index is 0.0470. The molecule has 0 unspecified atom stereocenters. The normalized spacial score (nSPS) is 9.88. The van der Waals surface area contributed by atoms with Gasteiger partial charge in [-0.2, -0.15) is 5.26 Å². The fraction of sp³-hybridized carbons (Fsp3) is 0.222. The highest BCUT2D eigenvalue weighted by Gasteiger charge is 2.05. The van der Waals surface area contributed by atoms with Gasteiger partial charge in [0.15, 0.2) is 0 Å². The molecule has 2 N–H and O–H groups in total. The van der Waals surface area contributed by atoms with E-state index in [1.54, 1.807) is 24.3 Å². The SMILES string of the molecule is N#CCc1ccc(NC(=O)CCCNc2ccc([N+](=O)[O-])cc2)cc1. The van der Waals surface area contributed by atoms with Crippen LogP contribution in [-0.2, 0) is 11.2 Å². The van der Waals surface area contributed by atoms with Crippen molar-refractivity contribution in [1.29, 1.82) is 5.26 Å². The molecule has 7 heteroatoms. The summed E-state index contributed by atoms with van der Waals surface area (Å²) in [7, 11) is 0. The molecule has 0 fully saturated rings. The summed E-state index contributed by atoms with van der Waals surface area (Å²) in [5.41, 5.74) is 2.44. The van der Waals surface area contributed by atoms with E-state index < -0.39 is 4.92 Å². The number of non-ortho nitro benzene ring substituents is 1. The minimum Gasteiger partial charge on any atom is -0.385 e. The predicted octanol–water partition coefficient (Wildman–Crippen LogP) is 3.49. The first-order valence-corrected chi connectivity index (χ1v) is 7.82. The van der Waals surface area contributed by atoms with Crippen molar-refractivity contribution >= 4 is 23.0 Å². The van der Waals surface area contributed by atoms with Crippen LogP contribution in [0.4, 0.5) is 17.1 Å². The average Bonchev–Trinajstić information content (AvgIpc) is 2.61. The maximum atomic E-state index is 11.9. The number of hydrogen-bond donors (Lipinski definition) is 2. The maximum Gasteiger partial charge on any atom is 0.269 e. The van der Waals surface area contributed by atoms with Crippen molar-refractivity contribution in [2.45, 2.75) is 19.3 Å². The van der Waals surface area contributed by atoms with Crippen LogP contribution < -0.4 is 10.6 Å². The monoisotopic (exact) mass is 338 g/mol. The third-order valence-electron chi connectivity index (χ3n) is 3.51. The predicted molar refractivity (Wildman–Crippen MR) is 95.2 cm³/mol. The highest BCUT2D eigenvalue weighted by molar-refractivity contribution is 5.90. The van der Waals surface area contributed by atoms with E-state index in [2.05, 4.69) is 16.7 Å². The van der Waals surface area contributed by atoms with E-state index in [1.807, 2.05) is 12.1 Å². The summed E-state index contributed by atoms with van der Waals surface area (Å²) < 4.78 is 0. The van der Waals surface area contributed by atoms with Gasteiger partial charge in [0.25, 0.3) is 5.69 Å². The first kappa shape index (κ1) is 17.9. The van der Waals surface area contributed by atoms with Gasteiger partial charge in [-0.25, -0.2) is 0 Å². The Bertz CT molecular complexity index is 764. The topological polar surface area (TPSA) is 108 Å². The summed E-state index contributed by atoms with van der Waals surface area (Å²) in [5, 5.41) is 25.1. The third-order valence-corrected chi connectivity index (χ3v) is 3.51. The maximum absolute atomic E-state index is 11.9. The van der Waals surface area contributed by atoms with Crippen molar-refractivity contribution in [1.82, 2.24) is 0 Å². The Morgan fingerprint density at radius 2 is 1.72 bits per heavy atom. The van der Waals surface area contributed by atoms with E-state index in [-0.39, 0.29) is 11.6 Å². The lowest BCUT2D eigenvalue weighted by Gasteiger charge is -2.07. The molecule has 0 spiro atoms. The van der Waals surface area contributed by atoms with E-state index in [0.717, 1.165) is 11.3 Å². The Labute approximate surface area is 145 Å². The van der Waals surface area contributed by atoms with E-state index in [0.29, 0.717) is 31.5 Å². The van der Waals surface area contributed by atoms with Crippen LogP contribution >= 0.6 is 0 Å². The highest BCUT2D eigenvalue weighted by Crippen LogP contribution is 2.15. The molecule has 0 bridgehead atoms. The molecule has 0 radical (unpaired) electrons. The van der Waals surface area contributed by atoms with Crippen molar-refractivity contribution in [2.75, 3.05) is 17.2 Å². The molecular formula is C18H18N4O3. The summed E-state index contributed by atoms with van der Waals surface area (Å²) in [6.07, 6.45) is 1.35. The number of nitrogens with zero attached hydrogens (tertiary/aromatic N) is 2. The number of rotatable bonds is 8. The summed E-state index contributed by atoms with van der Waals surface area (Å²) in [4.78, 5) is 22.0. The molecule has 0 heterocycles. The Kier molecular flexibility index (Phi) is 6.48. The molecule has 0 aliphatic carbocycles. The second-order valence-electron chi connectivity index (χ2n) is 5.41. The molecule has 0 aliphatic rings. The first-order chi connectivity index (χ1) is 12.1. The van der Waals surface area contributed by atoms with Gasteiger partial charge in [0.1, 0.15) is 0 Å². The molecule has 7 nitrogen and oxygen atoms in total. The molecule has 1 amide bonds. The van der Waals surface area contributed by atoms with E-state index >= 15 is 0 Å². The lowest BCUT2D eigenvalue weighted by atomic mass is 10.1. The number of hydrogen-bond acceptors (Lipinski definition) is 5. The second kappa shape index (κ2) is 9.03. The average molecular weight is 338 g/mol. The van der Waals surface area contributed by atoms with E-state index in [1.165, 1.54) is 12.1 Å². The number of nitrogens with one attached hydrogen (secondary N) is 2. The van der Waals surface area contributed by atoms with Gasteiger partial charge in [-0.1, -0.05) is 12.1 Å². The first-order valence-electron chi connectivity index (χ1n) is 7.82. The van der Waals surface area contributed by atoms with Gasteiger partial charge in [-0.3, -0.25) is 14.9 Å². The quantitative estimate of drug-likeness (QED) is 0.435. The molecule has 2 rings (SSSR count). The standard InChI is InChI=1S/C18H18N4O3/c19-12-11-14-3-5-16(6-4-14)21-18(23)2-1-13-20-15-7-9-17(10-8-15)22(24)25/h3-10,20H,1-2,11,13H2,(H,21,23). The van der Waals surface area contributed by atoms with Crippen molar-refractivity contribution in [3.05, 3.63) is 64.2 Å². The fourth-order valence-electron chi connectivity index (χ4n) is 2.20. The molecule has 0 atom stereocenters. The number of nitro groups is 1. The van der Waals surface area contributed by atoms with Crippen molar-refractivity contribution in [2.24, 2.45) is 0 Å². The van der Waals surface area contributed by atoms with Crippen LogP contribution in [0.1, 0.15) is 18.4 Å². The largest absolute Gasteiger partial charge is 0.385 e. The van der Waals surface area contributed by atoms with Crippen LogP contribution in [0.3, 0.4) is 0 Å². The lowest BCUT2D eigenvalue weighted by Crippen LogP contribution is -2.13. The van der Waals surface area contributed by atoms with Crippen LogP contribution in [0, 0.1) is 21.4 Å². The number of amides is 1. The number of carbonyl (C=O) groups excluding carboxylic acids is 1. The van der Waals surface area contributed by atoms with E-state index in [9.17, 15) is 14.9 Å². The number of carbonyl (C=O) groups is 1. The molecule has 2 aromatic rings. The summed E-state index contributed by atoms with van der Waals surface area (Å²) in [6.45, 7) is 0.590. The van der Waals surface area contributed by atoms with Crippen molar-refractivity contribution in [3.8, 4) is 6.07 Å². The van der Waals surface area contributed by atoms with Crippen molar-refractivity contribution < 1.29 is 9.72 Å². The van der Waals surface area contributed by atoms with Crippen LogP contribution in [0.15, 0.2) is 48.5 Å². The number of nitriles is 1. The zero-order valence-corrected chi connectivity index (χ0v) is 13.6. The van der Waals surface area contributed by atoms with Crippen LogP contribution in [0.5, 0.6) is 0 Å². The Morgan fingerprint density at radius 1 is 1.08 bits per heavy atom. The molecule has 2 aromatic carbocycles. The van der Waals surface area contributed by atoms with Gasteiger partial charge in [-0.05, 0) is 36.2 Å². The smallest absolute Gasteiger partial charge is 0.269 e. The lowest BCUT2D eigenvalue weighted by molar-refractivity contribution is -0.384. The van der Waals surface area contributed by atoms with Gasteiger partial charge in [0.05, 0.1) is 17.4 Å². The zero-order valence-electron chi connectivity index (χ0n) is 13.6. The molecule has 0 aromatic heterocycles. The van der Waals surface area contributed by atoms with E-state index in [4.69, 9.17) is 5.26 Å². The van der Waals surface area contributed by atoms with Gasteiger partial charge in [0.2, 0.25) is 5.91 Å². The molecule has 25 heavy (non-hydrogen) atoms. The minimum atomic E-state index is -0.443. The molecule has 0 aliphatic heterocycles. The Hall–Kier alpha value is -3.40. The molecule has 0 saturated heterocycles. The summed E-state index contributed by atoms with van der Waals surface area (Å²) in [6, 6.07) is 15.4. The van der Waals surface area contributed by atoms with Gasteiger partial charge < -0.3 is 10.6 Å². The molecular weight excluding hydrogens is 320 g/mol. The number of anilines is 2. The summed E-state index contributed by atoms with van der Waals surface area (Å²) in [5.74, 6) is -0.0847. The summed E-state index contributed by atoms with van der Waals surface area (Å²) >= 11 is 0. The second-order valence-corrected chi connectivity index (χ2v) is 5.41. The Morgan fingerprint density at radius 3 is 2.32 bits per heavy atom. The number of benzene rings is 2. The van der Waals surface area contributed by atoms with Crippen LogP contribution in [-0.4, -0.2) is 17.4 Å². The van der Waals surface area contributed by atoms with Crippen LogP contribution in [0.25, 0.3) is 0 Å². The van der Waals surface area contributed by atoms with Crippen molar-refractivity contribution in [3.63, 3.8) is 0 Å². The molecule has 0 saturated carbocycles. The highest BCUT2D eigenvalue weighted by atomic mass is 16.6. The number of nitro benzene ring substituents is 1. The van der Waals surface area contributed by atoms with Crippen LogP contribution in [0.2, 0.25) is 0 Å².